The van der Waals surface area contributed by atoms with Gasteiger partial charge in [-0.25, -0.2) is 0 Å². The van der Waals surface area contributed by atoms with E-state index in [1.165, 1.54) is 0 Å². The van der Waals surface area contributed by atoms with Crippen LogP contribution in [-0.4, -0.2) is 18.1 Å². The highest BCUT2D eigenvalue weighted by atomic mass is 16.7. The standard InChI is InChI=1S/C14H11NO4/c16-7-11-5-13-14(19-9-18-13)6-12(11)17-8-10-1-3-15-4-2-10/h1-7H,8-9H2. The van der Waals surface area contributed by atoms with Crippen LogP contribution >= 0.6 is 0 Å². The van der Waals surface area contributed by atoms with Crippen molar-refractivity contribution < 1.29 is 19.0 Å². The third kappa shape index (κ3) is 2.35. The zero-order chi connectivity index (χ0) is 13.1. The van der Waals surface area contributed by atoms with Crippen molar-refractivity contribution in [1.82, 2.24) is 4.98 Å². The minimum absolute atomic E-state index is 0.168. The van der Waals surface area contributed by atoms with Crippen molar-refractivity contribution in [3.05, 3.63) is 47.8 Å². The summed E-state index contributed by atoms with van der Waals surface area (Å²) in [5.41, 5.74) is 1.42. The Labute approximate surface area is 109 Å². The van der Waals surface area contributed by atoms with Crippen LogP contribution in [0.5, 0.6) is 17.2 Å². The first kappa shape index (κ1) is 11.5. The molecular weight excluding hydrogens is 246 g/mol. The van der Waals surface area contributed by atoms with E-state index in [2.05, 4.69) is 4.98 Å². The first-order valence-electron chi connectivity index (χ1n) is 5.77. The van der Waals surface area contributed by atoms with Crippen LogP contribution in [0.3, 0.4) is 0 Å². The van der Waals surface area contributed by atoms with Crippen LogP contribution in [0.2, 0.25) is 0 Å². The monoisotopic (exact) mass is 257 g/mol. The Bertz CT molecular complexity index is 598. The fourth-order valence-electron chi connectivity index (χ4n) is 1.80. The van der Waals surface area contributed by atoms with Crippen molar-refractivity contribution >= 4 is 6.29 Å². The van der Waals surface area contributed by atoms with Gasteiger partial charge in [0.2, 0.25) is 6.79 Å². The number of hydrogen-bond acceptors (Lipinski definition) is 5. The maximum atomic E-state index is 11.1. The minimum atomic E-state index is 0.168. The molecule has 2 heterocycles. The molecule has 96 valence electrons. The van der Waals surface area contributed by atoms with Crippen molar-refractivity contribution in [2.45, 2.75) is 6.61 Å². The van der Waals surface area contributed by atoms with Crippen LogP contribution in [0.25, 0.3) is 0 Å². The third-order valence-electron chi connectivity index (χ3n) is 2.78. The van der Waals surface area contributed by atoms with Gasteiger partial charge in [0.1, 0.15) is 12.4 Å². The van der Waals surface area contributed by atoms with Crippen molar-refractivity contribution in [2.75, 3.05) is 6.79 Å². The number of carbonyl (C=O) groups is 1. The highest BCUT2D eigenvalue weighted by Crippen LogP contribution is 2.37. The van der Waals surface area contributed by atoms with E-state index < -0.39 is 0 Å². The Hall–Kier alpha value is -2.56. The molecule has 0 saturated heterocycles. The molecule has 3 rings (SSSR count). The van der Waals surface area contributed by atoms with Gasteiger partial charge in [0, 0.05) is 18.5 Å². The number of fused-ring (bicyclic) bond motifs is 1. The van der Waals surface area contributed by atoms with E-state index in [0.29, 0.717) is 29.4 Å². The molecule has 0 saturated carbocycles. The normalized spacial score (nSPS) is 12.2. The molecule has 5 nitrogen and oxygen atoms in total. The summed E-state index contributed by atoms with van der Waals surface area (Å²) in [6.45, 7) is 0.532. The second-order valence-corrected chi connectivity index (χ2v) is 4.01. The van der Waals surface area contributed by atoms with E-state index in [9.17, 15) is 4.79 Å². The van der Waals surface area contributed by atoms with Crippen LogP contribution in [0.15, 0.2) is 36.7 Å². The van der Waals surface area contributed by atoms with E-state index in [0.717, 1.165) is 11.8 Å². The number of carbonyl (C=O) groups excluding carboxylic acids is 1. The molecule has 0 spiro atoms. The van der Waals surface area contributed by atoms with Crippen molar-refractivity contribution in [1.29, 1.82) is 0 Å². The number of hydrogen-bond donors (Lipinski definition) is 0. The molecule has 0 fully saturated rings. The zero-order valence-corrected chi connectivity index (χ0v) is 10.0. The van der Waals surface area contributed by atoms with Crippen LogP contribution in [0.4, 0.5) is 0 Å². The maximum absolute atomic E-state index is 11.1. The molecule has 1 aromatic carbocycles. The van der Waals surface area contributed by atoms with E-state index in [-0.39, 0.29) is 6.79 Å². The Morgan fingerprint density at radius 2 is 1.95 bits per heavy atom. The number of rotatable bonds is 4. The van der Waals surface area contributed by atoms with E-state index >= 15 is 0 Å². The molecule has 5 heteroatoms. The zero-order valence-electron chi connectivity index (χ0n) is 10.0. The molecule has 1 aromatic heterocycles. The number of aldehydes is 1. The molecule has 0 unspecified atom stereocenters. The smallest absolute Gasteiger partial charge is 0.231 e. The van der Waals surface area contributed by atoms with Gasteiger partial charge in [-0.15, -0.1) is 0 Å². The first-order valence-corrected chi connectivity index (χ1v) is 5.77. The average Bonchev–Trinajstić information content (AvgIpc) is 2.92. The SMILES string of the molecule is O=Cc1cc2c(cc1OCc1ccncc1)OCO2. The van der Waals surface area contributed by atoms with Gasteiger partial charge >= 0.3 is 0 Å². The highest BCUT2D eigenvalue weighted by Gasteiger charge is 2.17. The number of nitrogens with zero attached hydrogens (tertiary/aromatic N) is 1. The van der Waals surface area contributed by atoms with Crippen molar-refractivity contribution in [3.8, 4) is 17.2 Å². The predicted octanol–water partition coefficient (Wildman–Crippen LogP) is 2.20. The van der Waals surface area contributed by atoms with Crippen LogP contribution in [0.1, 0.15) is 15.9 Å². The van der Waals surface area contributed by atoms with E-state index in [1.807, 2.05) is 12.1 Å². The van der Waals surface area contributed by atoms with E-state index in [4.69, 9.17) is 14.2 Å². The number of benzene rings is 1. The summed E-state index contributed by atoms with van der Waals surface area (Å²) in [6, 6.07) is 7.01. The predicted molar refractivity (Wildman–Crippen MR) is 66.5 cm³/mol. The summed E-state index contributed by atoms with van der Waals surface area (Å²) >= 11 is 0. The van der Waals surface area contributed by atoms with Crippen molar-refractivity contribution in [3.63, 3.8) is 0 Å². The molecular formula is C14H11NO4. The lowest BCUT2D eigenvalue weighted by Crippen LogP contribution is -1.98. The minimum Gasteiger partial charge on any atom is -0.488 e. The lowest BCUT2D eigenvalue weighted by atomic mass is 10.2. The van der Waals surface area contributed by atoms with Gasteiger partial charge in [0.05, 0.1) is 5.56 Å². The molecule has 0 aliphatic carbocycles. The Balaban J connectivity index is 1.82. The van der Waals surface area contributed by atoms with Crippen molar-refractivity contribution in [2.24, 2.45) is 0 Å². The second-order valence-electron chi connectivity index (χ2n) is 4.01. The fraction of sp³-hybridized carbons (Fsp3) is 0.143. The summed E-state index contributed by atoms with van der Waals surface area (Å²) in [5.74, 6) is 1.64. The Kier molecular flexibility index (Phi) is 3.02. The third-order valence-corrected chi connectivity index (χ3v) is 2.78. The molecule has 0 amide bonds. The number of ether oxygens (including phenoxy) is 3. The van der Waals surface area contributed by atoms with Gasteiger partial charge in [0.15, 0.2) is 17.8 Å². The molecule has 19 heavy (non-hydrogen) atoms. The maximum Gasteiger partial charge on any atom is 0.231 e. The number of pyridine rings is 1. The van der Waals surface area contributed by atoms with Gasteiger partial charge in [-0.2, -0.15) is 0 Å². The summed E-state index contributed by atoms with van der Waals surface area (Å²) in [6.07, 6.45) is 4.13. The molecule has 0 N–H and O–H groups in total. The Morgan fingerprint density at radius 1 is 1.21 bits per heavy atom. The van der Waals surface area contributed by atoms with Gasteiger partial charge in [0.25, 0.3) is 0 Å². The molecule has 1 aliphatic heterocycles. The van der Waals surface area contributed by atoms with E-state index in [1.54, 1.807) is 24.5 Å². The van der Waals surface area contributed by atoms with Gasteiger partial charge in [-0.05, 0) is 23.8 Å². The second kappa shape index (κ2) is 4.97. The lowest BCUT2D eigenvalue weighted by molar-refractivity contribution is 0.111. The quantitative estimate of drug-likeness (QED) is 0.786. The molecule has 1 aliphatic rings. The summed E-state index contributed by atoms with van der Waals surface area (Å²) < 4.78 is 16.1. The highest BCUT2D eigenvalue weighted by molar-refractivity contribution is 5.81. The summed E-state index contributed by atoms with van der Waals surface area (Å²) in [4.78, 5) is 15.0. The van der Waals surface area contributed by atoms with Crippen LogP contribution < -0.4 is 14.2 Å². The molecule has 0 radical (unpaired) electrons. The average molecular weight is 257 g/mol. The van der Waals surface area contributed by atoms with Gasteiger partial charge < -0.3 is 14.2 Å². The fourth-order valence-corrected chi connectivity index (χ4v) is 1.80. The largest absolute Gasteiger partial charge is 0.488 e. The molecule has 2 aromatic rings. The molecule has 0 atom stereocenters. The van der Waals surface area contributed by atoms with Crippen LogP contribution in [0, 0.1) is 0 Å². The topological polar surface area (TPSA) is 57.7 Å². The molecule has 0 bridgehead atoms. The summed E-state index contributed by atoms with van der Waals surface area (Å²) in [7, 11) is 0. The van der Waals surface area contributed by atoms with Gasteiger partial charge in [-0.1, -0.05) is 0 Å². The Morgan fingerprint density at radius 3 is 2.68 bits per heavy atom. The number of aromatic nitrogens is 1. The summed E-state index contributed by atoms with van der Waals surface area (Å²) in [5, 5.41) is 0. The first-order chi connectivity index (χ1) is 9.36. The van der Waals surface area contributed by atoms with Gasteiger partial charge in [-0.3, -0.25) is 9.78 Å². The van der Waals surface area contributed by atoms with Crippen LogP contribution in [-0.2, 0) is 6.61 Å². The lowest BCUT2D eigenvalue weighted by Gasteiger charge is -2.09.